The molecule has 0 radical (unpaired) electrons. The van der Waals surface area contributed by atoms with Gasteiger partial charge in [0.2, 0.25) is 15.9 Å². The van der Waals surface area contributed by atoms with Gasteiger partial charge in [-0.3, -0.25) is 4.79 Å². The highest BCUT2D eigenvalue weighted by molar-refractivity contribution is 7.89. The molecule has 0 aliphatic heterocycles. The molecule has 0 heterocycles. The molecule has 10 heteroatoms. The van der Waals surface area contributed by atoms with Gasteiger partial charge < -0.3 is 19.5 Å². The van der Waals surface area contributed by atoms with Gasteiger partial charge in [0.05, 0.1) is 37.3 Å². The minimum Gasteiger partial charge on any atom is -0.490 e. The van der Waals surface area contributed by atoms with Crippen molar-refractivity contribution in [1.82, 2.24) is 4.31 Å². The van der Waals surface area contributed by atoms with E-state index in [0.29, 0.717) is 30.4 Å². The van der Waals surface area contributed by atoms with Crippen LogP contribution < -0.4 is 14.8 Å². The lowest BCUT2D eigenvalue weighted by atomic mass is 10.2. The number of ether oxygens (including phenoxy) is 3. The van der Waals surface area contributed by atoms with Crippen molar-refractivity contribution in [2.75, 3.05) is 39.2 Å². The number of nitrogens with zero attached hydrogens (tertiary/aromatic N) is 1. The van der Waals surface area contributed by atoms with Gasteiger partial charge in [0, 0.05) is 18.8 Å². The molecule has 0 spiro atoms. The molecular formula is C21H26N2O7S. The minimum absolute atomic E-state index is 0.0965. The van der Waals surface area contributed by atoms with Gasteiger partial charge in [-0.2, -0.15) is 4.31 Å². The Balaban J connectivity index is 2.13. The van der Waals surface area contributed by atoms with Crippen molar-refractivity contribution in [2.24, 2.45) is 0 Å². The highest BCUT2D eigenvalue weighted by Gasteiger charge is 2.24. The lowest BCUT2D eigenvalue weighted by Gasteiger charge is -2.18. The second-order valence-electron chi connectivity index (χ2n) is 6.36. The predicted octanol–water partition coefficient (Wildman–Crippen LogP) is 2.53. The van der Waals surface area contributed by atoms with Gasteiger partial charge in [-0.05, 0) is 44.2 Å². The molecule has 0 atom stereocenters. The van der Waals surface area contributed by atoms with E-state index < -0.39 is 28.4 Å². The van der Waals surface area contributed by atoms with E-state index in [2.05, 4.69) is 10.1 Å². The second kappa shape index (κ2) is 10.8. The molecule has 9 nitrogen and oxygen atoms in total. The maximum atomic E-state index is 12.8. The van der Waals surface area contributed by atoms with Crippen molar-refractivity contribution in [3.63, 3.8) is 0 Å². The first-order chi connectivity index (χ1) is 14.7. The zero-order valence-corrected chi connectivity index (χ0v) is 18.7. The number of benzene rings is 2. The first-order valence-corrected chi connectivity index (χ1v) is 11.0. The third-order valence-corrected chi connectivity index (χ3v) is 5.96. The number of hydrogen-bond acceptors (Lipinski definition) is 7. The molecule has 0 aromatic heterocycles. The highest BCUT2D eigenvalue weighted by atomic mass is 32.2. The van der Waals surface area contributed by atoms with Gasteiger partial charge >= 0.3 is 5.97 Å². The van der Waals surface area contributed by atoms with Crippen LogP contribution in [0, 0.1) is 0 Å². The third-order valence-electron chi connectivity index (χ3n) is 4.16. The molecule has 168 valence electrons. The number of nitrogens with one attached hydrogen (secondary N) is 1. The Morgan fingerprint density at radius 2 is 1.68 bits per heavy atom. The fraction of sp³-hybridized carbons (Fsp3) is 0.333. The summed E-state index contributed by atoms with van der Waals surface area (Å²) in [5, 5.41) is 2.65. The SMILES string of the molecule is CCOc1ccc(NC(=O)CN(C)S(=O)(=O)c2cccc(C(=O)OC)c2)cc1OCC. The van der Waals surface area contributed by atoms with Crippen molar-refractivity contribution in [3.8, 4) is 11.5 Å². The van der Waals surface area contributed by atoms with Crippen LogP contribution in [0.25, 0.3) is 0 Å². The minimum atomic E-state index is -4.00. The van der Waals surface area contributed by atoms with E-state index in [1.165, 1.54) is 38.4 Å². The van der Waals surface area contributed by atoms with E-state index in [9.17, 15) is 18.0 Å². The van der Waals surface area contributed by atoms with Crippen LogP contribution in [0.4, 0.5) is 5.69 Å². The normalized spacial score (nSPS) is 11.1. The molecule has 2 aromatic carbocycles. The summed E-state index contributed by atoms with van der Waals surface area (Å²) in [6, 6.07) is 10.3. The van der Waals surface area contributed by atoms with Crippen LogP contribution in [-0.4, -0.2) is 58.5 Å². The zero-order valence-electron chi connectivity index (χ0n) is 17.9. The molecule has 0 unspecified atom stereocenters. The summed E-state index contributed by atoms with van der Waals surface area (Å²) < 4.78 is 42.1. The molecule has 2 rings (SSSR count). The Morgan fingerprint density at radius 3 is 2.32 bits per heavy atom. The molecule has 0 bridgehead atoms. The first kappa shape index (κ1) is 24.2. The molecule has 1 amide bonds. The Morgan fingerprint density at radius 1 is 1.00 bits per heavy atom. The predicted molar refractivity (Wildman–Crippen MR) is 115 cm³/mol. The smallest absolute Gasteiger partial charge is 0.337 e. The molecule has 0 aliphatic rings. The van der Waals surface area contributed by atoms with Crippen LogP contribution in [0.1, 0.15) is 24.2 Å². The fourth-order valence-electron chi connectivity index (χ4n) is 2.70. The molecular weight excluding hydrogens is 424 g/mol. The van der Waals surface area contributed by atoms with Crippen molar-refractivity contribution in [1.29, 1.82) is 0 Å². The van der Waals surface area contributed by atoms with Crippen LogP contribution in [0.3, 0.4) is 0 Å². The van der Waals surface area contributed by atoms with Gasteiger partial charge in [0.25, 0.3) is 0 Å². The van der Waals surface area contributed by atoms with Gasteiger partial charge in [-0.1, -0.05) is 6.07 Å². The van der Waals surface area contributed by atoms with E-state index in [-0.39, 0.29) is 10.5 Å². The van der Waals surface area contributed by atoms with Crippen molar-refractivity contribution >= 4 is 27.6 Å². The lowest BCUT2D eigenvalue weighted by molar-refractivity contribution is -0.116. The van der Waals surface area contributed by atoms with Crippen molar-refractivity contribution in [2.45, 2.75) is 18.7 Å². The second-order valence-corrected chi connectivity index (χ2v) is 8.40. The molecule has 31 heavy (non-hydrogen) atoms. The topological polar surface area (TPSA) is 111 Å². The number of carbonyl (C=O) groups excluding carboxylic acids is 2. The first-order valence-electron chi connectivity index (χ1n) is 9.57. The van der Waals surface area contributed by atoms with E-state index in [0.717, 1.165) is 4.31 Å². The largest absolute Gasteiger partial charge is 0.490 e. The summed E-state index contributed by atoms with van der Waals surface area (Å²) in [4.78, 5) is 24.0. The monoisotopic (exact) mass is 450 g/mol. The molecule has 0 fully saturated rings. The number of methoxy groups -OCH3 is 1. The van der Waals surface area contributed by atoms with Gasteiger partial charge in [0.15, 0.2) is 11.5 Å². The van der Waals surface area contributed by atoms with E-state index >= 15 is 0 Å². The molecule has 0 aliphatic carbocycles. The van der Waals surface area contributed by atoms with Gasteiger partial charge in [-0.15, -0.1) is 0 Å². The van der Waals surface area contributed by atoms with Crippen LogP contribution in [0.2, 0.25) is 0 Å². The average Bonchev–Trinajstić information content (AvgIpc) is 2.75. The number of rotatable bonds is 10. The Kier molecular flexibility index (Phi) is 8.40. The number of sulfonamides is 1. The average molecular weight is 451 g/mol. The van der Waals surface area contributed by atoms with E-state index in [4.69, 9.17) is 9.47 Å². The quantitative estimate of drug-likeness (QED) is 0.554. The summed E-state index contributed by atoms with van der Waals surface area (Å²) in [6.45, 7) is 4.13. The van der Waals surface area contributed by atoms with Crippen LogP contribution in [-0.2, 0) is 19.6 Å². The van der Waals surface area contributed by atoms with Crippen molar-refractivity contribution < 1.29 is 32.2 Å². The van der Waals surface area contributed by atoms with Crippen LogP contribution >= 0.6 is 0 Å². The number of anilines is 1. The summed E-state index contributed by atoms with van der Waals surface area (Å²) >= 11 is 0. The number of carbonyl (C=O) groups is 2. The van der Waals surface area contributed by atoms with E-state index in [1.54, 1.807) is 18.2 Å². The Hall–Kier alpha value is -3.11. The number of esters is 1. The van der Waals surface area contributed by atoms with E-state index in [1.807, 2.05) is 13.8 Å². The third kappa shape index (κ3) is 6.19. The number of likely N-dealkylation sites (N-methyl/N-ethyl adjacent to an activating group) is 1. The molecule has 2 aromatic rings. The Bertz CT molecular complexity index is 1040. The van der Waals surface area contributed by atoms with Crippen LogP contribution in [0.5, 0.6) is 11.5 Å². The van der Waals surface area contributed by atoms with Crippen LogP contribution in [0.15, 0.2) is 47.4 Å². The molecule has 1 N–H and O–H groups in total. The lowest BCUT2D eigenvalue weighted by Crippen LogP contribution is -2.35. The Labute approximate surface area is 182 Å². The fourth-order valence-corrected chi connectivity index (χ4v) is 3.87. The summed E-state index contributed by atoms with van der Waals surface area (Å²) in [5.74, 6) is -0.171. The molecule has 0 saturated carbocycles. The maximum absolute atomic E-state index is 12.8. The standard InChI is InChI=1S/C21H26N2O7S/c1-5-29-18-11-10-16(13-19(18)30-6-2)22-20(24)14-23(3)31(26,27)17-9-7-8-15(12-17)21(25)28-4/h7-13H,5-6,14H2,1-4H3,(H,22,24). The number of hydrogen-bond donors (Lipinski definition) is 1. The maximum Gasteiger partial charge on any atom is 0.337 e. The summed E-state index contributed by atoms with van der Waals surface area (Å²) in [6.07, 6.45) is 0. The molecule has 0 saturated heterocycles. The highest BCUT2D eigenvalue weighted by Crippen LogP contribution is 2.30. The summed E-state index contributed by atoms with van der Waals surface area (Å²) in [7, 11) is -1.51. The van der Waals surface area contributed by atoms with Gasteiger partial charge in [0.1, 0.15) is 0 Å². The van der Waals surface area contributed by atoms with Gasteiger partial charge in [-0.25, -0.2) is 13.2 Å². The number of amides is 1. The van der Waals surface area contributed by atoms with Crippen molar-refractivity contribution in [3.05, 3.63) is 48.0 Å². The zero-order chi connectivity index (χ0) is 23.0. The summed E-state index contributed by atoms with van der Waals surface area (Å²) in [5.41, 5.74) is 0.537.